The summed E-state index contributed by atoms with van der Waals surface area (Å²) in [6.45, 7) is 8.19. The lowest BCUT2D eigenvalue weighted by Gasteiger charge is -2.36. The summed E-state index contributed by atoms with van der Waals surface area (Å²) in [7, 11) is 1.56. The van der Waals surface area contributed by atoms with Gasteiger partial charge in [-0.25, -0.2) is 9.79 Å². The Morgan fingerprint density at radius 2 is 1.90 bits per heavy atom. The van der Waals surface area contributed by atoms with Gasteiger partial charge in [-0.15, -0.1) is 0 Å². The third-order valence-electron chi connectivity index (χ3n) is 4.93. The maximum atomic E-state index is 13.1. The number of aryl methyl sites for hydroxylation is 1. The van der Waals surface area contributed by atoms with E-state index in [-0.39, 0.29) is 25.0 Å². The van der Waals surface area contributed by atoms with Crippen molar-refractivity contribution >= 4 is 28.8 Å². The zero-order valence-corrected chi connectivity index (χ0v) is 19.4. The average Bonchev–Trinajstić information content (AvgIpc) is 3.09. The second-order valence-corrected chi connectivity index (χ2v) is 8.67. The number of carbonyl (C=O) groups excluding carboxylic acids is 2. The van der Waals surface area contributed by atoms with Crippen LogP contribution in [0.1, 0.15) is 44.4 Å². The van der Waals surface area contributed by atoms with Gasteiger partial charge in [-0.1, -0.05) is 41.6 Å². The van der Waals surface area contributed by atoms with Gasteiger partial charge in [0.05, 0.1) is 30.3 Å². The van der Waals surface area contributed by atoms with E-state index in [4.69, 9.17) is 9.47 Å². The van der Waals surface area contributed by atoms with E-state index in [1.165, 1.54) is 11.8 Å². The molecule has 166 valence electrons. The smallest absolute Gasteiger partial charge is 0.338 e. The van der Waals surface area contributed by atoms with E-state index in [2.05, 4.69) is 10.3 Å². The van der Waals surface area contributed by atoms with Gasteiger partial charge in [0.25, 0.3) is 0 Å². The molecular formula is C23H29N3O4S. The van der Waals surface area contributed by atoms with Crippen molar-refractivity contribution < 1.29 is 19.1 Å². The summed E-state index contributed by atoms with van der Waals surface area (Å²) in [5.41, 5.74) is 3.96. The number of benzene rings is 1. The topological polar surface area (TPSA) is 80.2 Å². The van der Waals surface area contributed by atoms with Crippen LogP contribution in [0, 0.1) is 6.92 Å². The molecule has 1 aromatic rings. The summed E-state index contributed by atoms with van der Waals surface area (Å²) < 4.78 is 10.5. The third kappa shape index (κ3) is 5.37. The lowest BCUT2D eigenvalue weighted by molar-refractivity contribution is -0.141. The van der Waals surface area contributed by atoms with Crippen LogP contribution in [0.2, 0.25) is 0 Å². The fourth-order valence-electron chi connectivity index (χ4n) is 3.53. The van der Waals surface area contributed by atoms with E-state index < -0.39 is 12.0 Å². The Bertz CT molecular complexity index is 935. The lowest BCUT2D eigenvalue weighted by atomic mass is 9.93. The van der Waals surface area contributed by atoms with Crippen LogP contribution in [0.4, 0.5) is 0 Å². The Kier molecular flexibility index (Phi) is 7.56. The van der Waals surface area contributed by atoms with Gasteiger partial charge >= 0.3 is 5.97 Å². The summed E-state index contributed by atoms with van der Waals surface area (Å²) in [5.74, 6) is -0.493. The number of allylic oxidation sites excluding steroid dienone is 1. The second kappa shape index (κ2) is 10.2. The highest BCUT2D eigenvalue weighted by atomic mass is 32.2. The van der Waals surface area contributed by atoms with Crippen molar-refractivity contribution in [3.05, 3.63) is 57.8 Å². The highest BCUT2D eigenvalue weighted by molar-refractivity contribution is 8.16. The number of hydrogen-bond acceptors (Lipinski definition) is 7. The molecule has 1 unspecified atom stereocenters. The van der Waals surface area contributed by atoms with Crippen molar-refractivity contribution in [1.29, 1.82) is 0 Å². The summed E-state index contributed by atoms with van der Waals surface area (Å²) in [5, 5.41) is 5.62. The molecule has 1 aromatic carbocycles. The van der Waals surface area contributed by atoms with Crippen molar-refractivity contribution in [3.63, 3.8) is 0 Å². The number of fused-ring (bicyclic) bond motifs is 1. The van der Waals surface area contributed by atoms with Crippen LogP contribution < -0.4 is 5.32 Å². The summed E-state index contributed by atoms with van der Waals surface area (Å²) in [6, 6.07) is 7.68. The molecule has 3 rings (SSSR count). The van der Waals surface area contributed by atoms with Crippen LogP contribution in [-0.4, -0.2) is 48.3 Å². The summed E-state index contributed by atoms with van der Waals surface area (Å²) in [6.07, 6.45) is 0.206. The average molecular weight is 444 g/mol. The third-order valence-corrected chi connectivity index (χ3v) is 5.81. The molecule has 0 fully saturated rings. The number of rotatable bonds is 8. The van der Waals surface area contributed by atoms with E-state index in [1.54, 1.807) is 7.11 Å². The summed E-state index contributed by atoms with van der Waals surface area (Å²) >= 11 is 1.46. The van der Waals surface area contributed by atoms with E-state index in [9.17, 15) is 9.59 Å². The van der Waals surface area contributed by atoms with Gasteiger partial charge in [-0.2, -0.15) is 0 Å². The molecule has 1 N–H and O–H groups in total. The van der Waals surface area contributed by atoms with Crippen LogP contribution in [0.5, 0.6) is 0 Å². The zero-order valence-electron chi connectivity index (χ0n) is 18.6. The fraction of sp³-hybridized carbons (Fsp3) is 0.435. The number of nitrogens with one attached hydrogen (secondary N) is 1. The molecule has 7 nitrogen and oxygen atoms in total. The number of aliphatic imine (C=N–C) groups is 1. The number of amidine groups is 1. The molecule has 0 bridgehead atoms. The van der Waals surface area contributed by atoms with Crippen molar-refractivity contribution in [2.24, 2.45) is 4.99 Å². The zero-order chi connectivity index (χ0) is 22.5. The summed E-state index contributed by atoms with van der Waals surface area (Å²) in [4.78, 5) is 32.2. The van der Waals surface area contributed by atoms with Gasteiger partial charge in [-0.3, -0.25) is 4.79 Å². The molecular weight excluding hydrogens is 414 g/mol. The molecule has 2 heterocycles. The minimum atomic E-state index is -0.425. The number of nitrogens with zero attached hydrogens (tertiary/aromatic N) is 2. The first-order chi connectivity index (χ1) is 14.8. The number of hydrogen-bond donors (Lipinski definition) is 1. The molecule has 0 spiro atoms. The Balaban J connectivity index is 1.98. The Morgan fingerprint density at radius 3 is 2.55 bits per heavy atom. The van der Waals surface area contributed by atoms with E-state index in [0.717, 1.165) is 22.0 Å². The van der Waals surface area contributed by atoms with Crippen molar-refractivity contribution in [2.45, 2.75) is 46.2 Å². The predicted molar refractivity (Wildman–Crippen MR) is 122 cm³/mol. The fourth-order valence-corrected chi connectivity index (χ4v) is 4.49. The minimum absolute atomic E-state index is 0.0537. The number of ether oxygens (including phenoxy) is 2. The predicted octanol–water partition coefficient (Wildman–Crippen LogP) is 3.67. The normalized spacial score (nSPS) is 18.0. The Labute approximate surface area is 187 Å². The number of methoxy groups -OCH3 is 1. The quantitative estimate of drug-likeness (QED) is 0.488. The van der Waals surface area contributed by atoms with Crippen molar-refractivity contribution in [2.75, 3.05) is 20.3 Å². The number of carbonyl (C=O) groups is 2. The molecule has 2 aliphatic heterocycles. The van der Waals surface area contributed by atoms with Gasteiger partial charge in [-0.05, 0) is 38.7 Å². The minimum Gasteiger partial charge on any atom is -0.460 e. The van der Waals surface area contributed by atoms with Crippen LogP contribution in [0.25, 0.3) is 0 Å². The number of thioether (sulfide) groups is 1. The van der Waals surface area contributed by atoms with E-state index >= 15 is 0 Å². The molecule has 0 aromatic heterocycles. The van der Waals surface area contributed by atoms with Crippen molar-refractivity contribution in [3.8, 4) is 0 Å². The van der Waals surface area contributed by atoms with Crippen LogP contribution >= 0.6 is 11.8 Å². The van der Waals surface area contributed by atoms with Gasteiger partial charge < -0.3 is 19.7 Å². The van der Waals surface area contributed by atoms with Crippen molar-refractivity contribution in [1.82, 2.24) is 10.2 Å². The van der Waals surface area contributed by atoms with Crippen LogP contribution in [0.15, 0.2) is 51.6 Å². The molecule has 0 saturated heterocycles. The molecule has 0 saturated carbocycles. The second-order valence-electron chi connectivity index (χ2n) is 7.83. The van der Waals surface area contributed by atoms with Gasteiger partial charge in [0.15, 0.2) is 5.17 Å². The van der Waals surface area contributed by atoms with Gasteiger partial charge in [0.2, 0.25) is 5.91 Å². The van der Waals surface area contributed by atoms with Crippen LogP contribution in [-0.2, 0) is 19.1 Å². The highest BCUT2D eigenvalue weighted by Crippen LogP contribution is 2.44. The largest absolute Gasteiger partial charge is 0.460 e. The van der Waals surface area contributed by atoms with Gasteiger partial charge in [0.1, 0.15) is 6.61 Å². The SMILES string of the molecule is COCCOC(=O)C1=C(C)N=C2SC=C(CC(=O)NC(C)C)N2C1c1ccc(C)cc1. The molecule has 31 heavy (non-hydrogen) atoms. The standard InChI is InChI=1S/C23H29N3O4S/c1-14(2)24-19(27)12-18-13-31-23-25-16(4)20(22(28)30-11-10-29-5)21(26(18)23)17-8-6-15(3)7-9-17/h6-9,13-14,21H,10-12H2,1-5H3,(H,24,27). The Hall–Kier alpha value is -2.58. The lowest BCUT2D eigenvalue weighted by Crippen LogP contribution is -2.38. The first-order valence-corrected chi connectivity index (χ1v) is 11.2. The molecule has 8 heteroatoms. The maximum Gasteiger partial charge on any atom is 0.338 e. The molecule has 0 radical (unpaired) electrons. The monoisotopic (exact) mass is 443 g/mol. The number of amides is 1. The highest BCUT2D eigenvalue weighted by Gasteiger charge is 2.41. The number of esters is 1. The van der Waals surface area contributed by atoms with E-state index in [1.807, 2.05) is 62.3 Å². The first kappa shape index (κ1) is 23.1. The molecule has 2 aliphatic rings. The first-order valence-electron chi connectivity index (χ1n) is 10.3. The van der Waals surface area contributed by atoms with E-state index in [0.29, 0.717) is 17.9 Å². The molecule has 0 aliphatic carbocycles. The maximum absolute atomic E-state index is 13.1. The molecule has 1 atom stereocenters. The Morgan fingerprint density at radius 1 is 1.19 bits per heavy atom. The van der Waals surface area contributed by atoms with Crippen LogP contribution in [0.3, 0.4) is 0 Å². The van der Waals surface area contributed by atoms with Gasteiger partial charge in [0, 0.05) is 18.8 Å². The molecule has 1 amide bonds.